The summed E-state index contributed by atoms with van der Waals surface area (Å²) >= 11 is 1.34. The molecule has 0 unspecified atom stereocenters. The average Bonchev–Trinajstić information content (AvgIpc) is 3.05. The predicted octanol–water partition coefficient (Wildman–Crippen LogP) is 3.32. The maximum Gasteiger partial charge on any atom is 0.257 e. The van der Waals surface area contributed by atoms with Crippen LogP contribution in [0.25, 0.3) is 0 Å². The summed E-state index contributed by atoms with van der Waals surface area (Å²) in [7, 11) is -3.74. The molecule has 2 N–H and O–H groups in total. The van der Waals surface area contributed by atoms with Gasteiger partial charge in [0.25, 0.3) is 5.91 Å². The minimum absolute atomic E-state index is 0.0151. The number of aryl methyl sites for hydroxylation is 1. The van der Waals surface area contributed by atoms with Crippen molar-refractivity contribution in [2.24, 2.45) is 0 Å². The fourth-order valence-corrected chi connectivity index (χ4v) is 3.93. The standard InChI is InChI=1S/C18H16FN3O3S2/c1-12-11-26-18(21-12)22-17(23)14-4-2-13(3-5-14)10-20-27(24,25)16-8-6-15(19)7-9-16/h2-9,11,20H,10H2,1H3,(H,21,22,23). The number of sulfonamides is 1. The first kappa shape index (κ1) is 19.2. The summed E-state index contributed by atoms with van der Waals surface area (Å²) in [5, 5.41) is 5.07. The first-order valence-electron chi connectivity index (χ1n) is 7.91. The molecular formula is C18H16FN3O3S2. The summed E-state index contributed by atoms with van der Waals surface area (Å²) in [5.74, 6) is -0.793. The third kappa shape index (κ3) is 4.97. The van der Waals surface area contributed by atoms with Crippen LogP contribution in [0.5, 0.6) is 0 Å². The lowest BCUT2D eigenvalue weighted by Gasteiger charge is -2.08. The number of aromatic nitrogens is 1. The van der Waals surface area contributed by atoms with Gasteiger partial charge in [0.2, 0.25) is 10.0 Å². The molecule has 140 valence electrons. The van der Waals surface area contributed by atoms with E-state index < -0.39 is 15.8 Å². The van der Waals surface area contributed by atoms with Gasteiger partial charge in [-0.2, -0.15) is 0 Å². The molecule has 0 bridgehead atoms. The smallest absolute Gasteiger partial charge is 0.257 e. The van der Waals surface area contributed by atoms with Crippen LogP contribution < -0.4 is 10.0 Å². The van der Waals surface area contributed by atoms with Crippen LogP contribution in [0.4, 0.5) is 9.52 Å². The number of nitrogens with one attached hydrogen (secondary N) is 2. The Morgan fingerprint density at radius 3 is 2.37 bits per heavy atom. The number of carbonyl (C=O) groups is 1. The van der Waals surface area contributed by atoms with Gasteiger partial charge in [-0.05, 0) is 48.9 Å². The molecule has 0 saturated heterocycles. The monoisotopic (exact) mass is 405 g/mol. The van der Waals surface area contributed by atoms with Crippen LogP contribution in [-0.4, -0.2) is 19.3 Å². The van der Waals surface area contributed by atoms with Crippen molar-refractivity contribution in [1.82, 2.24) is 9.71 Å². The molecule has 0 aliphatic carbocycles. The lowest BCUT2D eigenvalue weighted by Crippen LogP contribution is -2.23. The summed E-state index contributed by atoms with van der Waals surface area (Å²) < 4.78 is 39.7. The highest BCUT2D eigenvalue weighted by Crippen LogP contribution is 2.16. The Morgan fingerprint density at radius 2 is 1.78 bits per heavy atom. The molecule has 1 heterocycles. The third-order valence-corrected chi connectivity index (χ3v) is 5.94. The van der Waals surface area contributed by atoms with Gasteiger partial charge in [-0.15, -0.1) is 11.3 Å². The number of rotatable bonds is 6. The zero-order chi connectivity index (χ0) is 19.4. The molecule has 0 radical (unpaired) electrons. The molecule has 0 fully saturated rings. The van der Waals surface area contributed by atoms with Crippen molar-refractivity contribution in [3.63, 3.8) is 0 Å². The summed E-state index contributed by atoms with van der Waals surface area (Å²) in [5.41, 5.74) is 1.95. The molecule has 0 atom stereocenters. The van der Waals surface area contributed by atoms with E-state index in [4.69, 9.17) is 0 Å². The van der Waals surface area contributed by atoms with Crippen molar-refractivity contribution in [2.45, 2.75) is 18.4 Å². The van der Waals surface area contributed by atoms with Crippen molar-refractivity contribution in [3.05, 3.63) is 76.5 Å². The van der Waals surface area contributed by atoms with E-state index >= 15 is 0 Å². The van der Waals surface area contributed by atoms with Crippen molar-refractivity contribution in [1.29, 1.82) is 0 Å². The summed E-state index contributed by atoms with van der Waals surface area (Å²) in [6, 6.07) is 11.1. The van der Waals surface area contributed by atoms with Gasteiger partial charge < -0.3 is 0 Å². The zero-order valence-corrected chi connectivity index (χ0v) is 15.9. The maximum atomic E-state index is 12.9. The number of anilines is 1. The molecule has 2 aromatic carbocycles. The summed E-state index contributed by atoms with van der Waals surface area (Å²) in [6.45, 7) is 1.89. The Kier molecular flexibility index (Phi) is 5.64. The Bertz CT molecular complexity index is 1050. The van der Waals surface area contributed by atoms with Gasteiger partial charge in [-0.25, -0.2) is 22.5 Å². The highest BCUT2D eigenvalue weighted by molar-refractivity contribution is 7.89. The number of hydrogen-bond donors (Lipinski definition) is 2. The second kappa shape index (κ2) is 7.95. The number of benzene rings is 2. The van der Waals surface area contributed by atoms with Gasteiger partial charge in [0.05, 0.1) is 10.6 Å². The molecule has 1 amide bonds. The number of hydrogen-bond acceptors (Lipinski definition) is 5. The van der Waals surface area contributed by atoms with Gasteiger partial charge in [0.1, 0.15) is 5.82 Å². The Hall–Kier alpha value is -2.62. The number of nitrogens with zero attached hydrogens (tertiary/aromatic N) is 1. The molecule has 9 heteroatoms. The molecular weight excluding hydrogens is 389 g/mol. The van der Waals surface area contributed by atoms with Gasteiger partial charge in [0, 0.05) is 17.5 Å². The van der Waals surface area contributed by atoms with Crippen molar-refractivity contribution >= 4 is 32.4 Å². The second-order valence-corrected chi connectivity index (χ2v) is 8.35. The number of amides is 1. The normalized spacial score (nSPS) is 11.3. The van der Waals surface area contributed by atoms with E-state index in [2.05, 4.69) is 15.0 Å². The maximum absolute atomic E-state index is 12.9. The SMILES string of the molecule is Cc1csc(NC(=O)c2ccc(CNS(=O)(=O)c3ccc(F)cc3)cc2)n1. The molecule has 3 rings (SSSR count). The van der Waals surface area contributed by atoms with Crippen molar-refractivity contribution in [2.75, 3.05) is 5.32 Å². The molecule has 0 saturated carbocycles. The van der Waals surface area contributed by atoms with E-state index in [1.807, 2.05) is 12.3 Å². The Labute approximate surface area is 160 Å². The van der Waals surface area contributed by atoms with Crippen LogP contribution in [0, 0.1) is 12.7 Å². The van der Waals surface area contributed by atoms with Crippen LogP contribution in [0.3, 0.4) is 0 Å². The topological polar surface area (TPSA) is 88.2 Å². The van der Waals surface area contributed by atoms with E-state index in [1.165, 1.54) is 23.5 Å². The molecule has 27 heavy (non-hydrogen) atoms. The number of halogens is 1. The molecule has 0 spiro atoms. The van der Waals surface area contributed by atoms with E-state index in [1.54, 1.807) is 24.3 Å². The first-order valence-corrected chi connectivity index (χ1v) is 10.3. The quantitative estimate of drug-likeness (QED) is 0.659. The van der Waals surface area contributed by atoms with Crippen LogP contribution in [0.1, 0.15) is 21.6 Å². The average molecular weight is 405 g/mol. The third-order valence-electron chi connectivity index (χ3n) is 3.65. The van der Waals surface area contributed by atoms with Gasteiger partial charge >= 0.3 is 0 Å². The van der Waals surface area contributed by atoms with E-state index in [0.29, 0.717) is 16.3 Å². The highest BCUT2D eigenvalue weighted by atomic mass is 32.2. The first-order chi connectivity index (χ1) is 12.8. The largest absolute Gasteiger partial charge is 0.298 e. The number of carbonyl (C=O) groups excluding carboxylic acids is 1. The zero-order valence-electron chi connectivity index (χ0n) is 14.3. The second-order valence-electron chi connectivity index (χ2n) is 5.72. The molecule has 0 aliphatic rings. The summed E-state index contributed by atoms with van der Waals surface area (Å²) in [6.07, 6.45) is 0. The van der Waals surface area contributed by atoms with Crippen LogP contribution >= 0.6 is 11.3 Å². The van der Waals surface area contributed by atoms with Gasteiger partial charge in [0.15, 0.2) is 5.13 Å². The lowest BCUT2D eigenvalue weighted by atomic mass is 10.1. The predicted molar refractivity (Wildman–Crippen MR) is 102 cm³/mol. The van der Waals surface area contributed by atoms with Gasteiger partial charge in [-0.3, -0.25) is 10.1 Å². The molecule has 3 aromatic rings. The van der Waals surface area contributed by atoms with Crippen molar-refractivity contribution < 1.29 is 17.6 Å². The van der Waals surface area contributed by atoms with Crippen LogP contribution in [-0.2, 0) is 16.6 Å². The van der Waals surface area contributed by atoms with E-state index in [9.17, 15) is 17.6 Å². The van der Waals surface area contributed by atoms with E-state index in [-0.39, 0.29) is 17.3 Å². The highest BCUT2D eigenvalue weighted by Gasteiger charge is 2.14. The fraction of sp³-hybridized carbons (Fsp3) is 0.111. The lowest BCUT2D eigenvalue weighted by molar-refractivity contribution is 0.102. The summed E-state index contributed by atoms with van der Waals surface area (Å²) in [4.78, 5) is 16.3. The Balaban J connectivity index is 1.62. The minimum Gasteiger partial charge on any atom is -0.298 e. The molecule has 1 aromatic heterocycles. The van der Waals surface area contributed by atoms with E-state index in [0.717, 1.165) is 17.8 Å². The van der Waals surface area contributed by atoms with Crippen molar-refractivity contribution in [3.8, 4) is 0 Å². The number of thiazole rings is 1. The fourth-order valence-electron chi connectivity index (χ4n) is 2.23. The van der Waals surface area contributed by atoms with Gasteiger partial charge in [-0.1, -0.05) is 12.1 Å². The Morgan fingerprint density at radius 1 is 1.11 bits per heavy atom. The molecule has 6 nitrogen and oxygen atoms in total. The molecule has 0 aliphatic heterocycles. The van der Waals surface area contributed by atoms with Crippen LogP contribution in [0.2, 0.25) is 0 Å². The minimum atomic E-state index is -3.74. The van der Waals surface area contributed by atoms with Crippen LogP contribution in [0.15, 0.2) is 58.8 Å².